The molecule has 0 spiro atoms. The number of nitrogen functional groups attached to an aromatic ring is 1. The van der Waals surface area contributed by atoms with Gasteiger partial charge in [-0.15, -0.1) is 0 Å². The predicted molar refractivity (Wildman–Crippen MR) is 66.3 cm³/mol. The lowest BCUT2D eigenvalue weighted by Gasteiger charge is -2.07. The Morgan fingerprint density at radius 1 is 1.10 bits per heavy atom. The molecule has 1 amide bonds. The van der Waals surface area contributed by atoms with Crippen LogP contribution >= 0.6 is 0 Å². The molecule has 104 valence electrons. The van der Waals surface area contributed by atoms with Crippen molar-refractivity contribution < 1.29 is 18.0 Å². The molecule has 0 aliphatic carbocycles. The van der Waals surface area contributed by atoms with Gasteiger partial charge in [-0.25, -0.2) is 24.0 Å². The second-order valence-electron chi connectivity index (χ2n) is 3.75. The Kier molecular flexibility index (Phi) is 3.85. The first-order valence-electron chi connectivity index (χ1n) is 5.41. The fraction of sp³-hybridized carbons (Fsp3) is 0. The van der Waals surface area contributed by atoms with E-state index in [1.54, 1.807) is 0 Å². The smallest absolute Gasteiger partial charge is 0.274 e. The molecule has 1 aromatic carbocycles. The number of benzene rings is 1. The van der Waals surface area contributed by atoms with Gasteiger partial charge in [0, 0.05) is 12.1 Å². The number of halogens is 3. The maximum atomic E-state index is 13.4. The van der Waals surface area contributed by atoms with Gasteiger partial charge in [0.2, 0.25) is 0 Å². The summed E-state index contributed by atoms with van der Waals surface area (Å²) in [6.07, 6.45) is 0. The van der Waals surface area contributed by atoms with E-state index in [1.807, 2.05) is 0 Å². The Morgan fingerprint density at radius 3 is 2.50 bits per heavy atom. The van der Waals surface area contributed by atoms with Gasteiger partial charge in [-0.3, -0.25) is 4.79 Å². The van der Waals surface area contributed by atoms with Crippen molar-refractivity contribution >= 4 is 17.4 Å². The molecule has 0 bridgehead atoms. The van der Waals surface area contributed by atoms with Gasteiger partial charge in [0.1, 0.15) is 17.3 Å². The molecule has 0 aliphatic heterocycles. The Balaban J connectivity index is 2.25. The van der Waals surface area contributed by atoms with Gasteiger partial charge in [0.05, 0.1) is 5.69 Å². The van der Waals surface area contributed by atoms with Gasteiger partial charge < -0.3 is 10.7 Å². The third-order valence-corrected chi connectivity index (χ3v) is 2.39. The number of nitrogens with two attached hydrogens (primary N) is 1. The molecule has 2 rings (SSSR count). The highest BCUT2D eigenvalue weighted by Crippen LogP contribution is 2.19. The van der Waals surface area contributed by atoms with Crippen molar-refractivity contribution in [3.8, 4) is 0 Å². The standard InChI is InChI=1S/C12H9F3N4O/c13-6-4-8(15)10(5-7(6)14)18-12(20)9-2-1-3-11(17-9)19-16/h1-5H,16H2,(H,17,19)(H,18,20). The van der Waals surface area contributed by atoms with Crippen molar-refractivity contribution in [1.82, 2.24) is 4.98 Å². The molecule has 0 aliphatic rings. The molecule has 4 N–H and O–H groups in total. The van der Waals surface area contributed by atoms with E-state index < -0.39 is 29.0 Å². The number of carbonyl (C=O) groups excluding carboxylic acids is 1. The summed E-state index contributed by atoms with van der Waals surface area (Å²) < 4.78 is 39.1. The largest absolute Gasteiger partial charge is 0.318 e. The fourth-order valence-electron chi connectivity index (χ4n) is 1.45. The van der Waals surface area contributed by atoms with Crippen molar-refractivity contribution in [3.05, 3.63) is 53.5 Å². The Morgan fingerprint density at radius 2 is 1.80 bits per heavy atom. The van der Waals surface area contributed by atoms with Crippen molar-refractivity contribution in [2.45, 2.75) is 0 Å². The van der Waals surface area contributed by atoms with Crippen LogP contribution in [0.5, 0.6) is 0 Å². The molecular weight excluding hydrogens is 273 g/mol. The van der Waals surface area contributed by atoms with Crippen LogP contribution in [0.3, 0.4) is 0 Å². The predicted octanol–water partition coefficient (Wildman–Crippen LogP) is 2.04. The zero-order valence-corrected chi connectivity index (χ0v) is 9.95. The van der Waals surface area contributed by atoms with Crippen molar-refractivity contribution in [2.75, 3.05) is 10.7 Å². The number of aromatic nitrogens is 1. The summed E-state index contributed by atoms with van der Waals surface area (Å²) in [6, 6.07) is 5.26. The summed E-state index contributed by atoms with van der Waals surface area (Å²) in [4.78, 5) is 15.6. The molecule has 1 heterocycles. The number of carbonyl (C=O) groups is 1. The number of amides is 1. The molecule has 1 aromatic heterocycles. The van der Waals surface area contributed by atoms with Crippen LogP contribution in [0.1, 0.15) is 10.5 Å². The van der Waals surface area contributed by atoms with Crippen LogP contribution in [-0.2, 0) is 0 Å². The highest BCUT2D eigenvalue weighted by atomic mass is 19.2. The maximum absolute atomic E-state index is 13.4. The topological polar surface area (TPSA) is 80.0 Å². The summed E-state index contributed by atoms with van der Waals surface area (Å²) in [5, 5.41) is 2.09. The van der Waals surface area contributed by atoms with Crippen LogP contribution in [0.25, 0.3) is 0 Å². The Labute approximate surface area is 111 Å². The number of anilines is 2. The highest BCUT2D eigenvalue weighted by Gasteiger charge is 2.14. The minimum Gasteiger partial charge on any atom is -0.318 e. The average Bonchev–Trinajstić information content (AvgIpc) is 2.44. The second-order valence-corrected chi connectivity index (χ2v) is 3.75. The van der Waals surface area contributed by atoms with Crippen LogP contribution in [0.4, 0.5) is 24.7 Å². The minimum absolute atomic E-state index is 0.0652. The first kappa shape index (κ1) is 13.8. The number of rotatable bonds is 3. The van der Waals surface area contributed by atoms with Gasteiger partial charge in [-0.05, 0) is 12.1 Å². The van der Waals surface area contributed by atoms with Crippen LogP contribution in [0.2, 0.25) is 0 Å². The van der Waals surface area contributed by atoms with Gasteiger partial charge in [-0.2, -0.15) is 0 Å². The number of nitrogens with zero attached hydrogens (tertiary/aromatic N) is 1. The summed E-state index contributed by atoms with van der Waals surface area (Å²) in [5.74, 6) is 0.873. The van der Waals surface area contributed by atoms with E-state index in [2.05, 4.69) is 15.7 Å². The first-order valence-corrected chi connectivity index (χ1v) is 5.41. The minimum atomic E-state index is -1.34. The fourth-order valence-corrected chi connectivity index (χ4v) is 1.45. The molecule has 8 heteroatoms. The maximum Gasteiger partial charge on any atom is 0.274 e. The molecule has 0 fully saturated rings. The molecule has 0 radical (unpaired) electrons. The lowest BCUT2D eigenvalue weighted by Crippen LogP contribution is -2.17. The monoisotopic (exact) mass is 282 g/mol. The van der Waals surface area contributed by atoms with Crippen molar-refractivity contribution in [3.63, 3.8) is 0 Å². The van der Waals surface area contributed by atoms with E-state index in [-0.39, 0.29) is 11.5 Å². The zero-order chi connectivity index (χ0) is 14.7. The van der Waals surface area contributed by atoms with Crippen LogP contribution < -0.4 is 16.6 Å². The van der Waals surface area contributed by atoms with Crippen LogP contribution in [0, 0.1) is 17.5 Å². The number of hydrazine groups is 1. The number of hydrogen-bond acceptors (Lipinski definition) is 4. The summed E-state index contributed by atoms with van der Waals surface area (Å²) in [6.45, 7) is 0. The molecule has 0 saturated carbocycles. The van der Waals surface area contributed by atoms with Crippen LogP contribution in [-0.4, -0.2) is 10.9 Å². The summed E-state index contributed by atoms with van der Waals surface area (Å²) in [5.41, 5.74) is 1.69. The average molecular weight is 282 g/mol. The molecule has 2 aromatic rings. The van der Waals surface area contributed by atoms with E-state index in [1.165, 1.54) is 18.2 Å². The van der Waals surface area contributed by atoms with Crippen LogP contribution in [0.15, 0.2) is 30.3 Å². The molecule has 0 unspecified atom stereocenters. The van der Waals surface area contributed by atoms with Gasteiger partial charge >= 0.3 is 0 Å². The summed E-state index contributed by atoms with van der Waals surface area (Å²) >= 11 is 0. The van der Waals surface area contributed by atoms with E-state index in [0.29, 0.717) is 12.1 Å². The zero-order valence-electron chi connectivity index (χ0n) is 9.95. The Bertz CT molecular complexity index is 663. The van der Waals surface area contributed by atoms with Crippen molar-refractivity contribution in [1.29, 1.82) is 0 Å². The third-order valence-electron chi connectivity index (χ3n) is 2.39. The first-order chi connectivity index (χ1) is 9.51. The number of nitrogens with one attached hydrogen (secondary N) is 2. The number of hydrogen-bond donors (Lipinski definition) is 3. The van der Waals surface area contributed by atoms with E-state index in [0.717, 1.165) is 0 Å². The third kappa shape index (κ3) is 2.86. The molecule has 20 heavy (non-hydrogen) atoms. The van der Waals surface area contributed by atoms with Gasteiger partial charge in [-0.1, -0.05) is 6.07 Å². The molecule has 0 saturated heterocycles. The lowest BCUT2D eigenvalue weighted by atomic mass is 10.2. The Hall–Kier alpha value is -2.61. The normalized spacial score (nSPS) is 10.2. The van der Waals surface area contributed by atoms with Gasteiger partial charge in [0.15, 0.2) is 11.6 Å². The van der Waals surface area contributed by atoms with E-state index in [4.69, 9.17) is 5.84 Å². The lowest BCUT2D eigenvalue weighted by molar-refractivity contribution is 0.102. The number of pyridine rings is 1. The van der Waals surface area contributed by atoms with E-state index in [9.17, 15) is 18.0 Å². The van der Waals surface area contributed by atoms with E-state index >= 15 is 0 Å². The second kappa shape index (κ2) is 5.57. The molecule has 5 nitrogen and oxygen atoms in total. The quantitative estimate of drug-likeness (QED) is 0.457. The SMILES string of the molecule is NNc1cccc(C(=O)Nc2cc(F)c(F)cc2F)n1. The van der Waals surface area contributed by atoms with Gasteiger partial charge in [0.25, 0.3) is 5.91 Å². The summed E-state index contributed by atoms with van der Waals surface area (Å²) in [7, 11) is 0. The highest BCUT2D eigenvalue weighted by molar-refractivity contribution is 6.03. The molecular formula is C12H9F3N4O. The van der Waals surface area contributed by atoms with Crippen molar-refractivity contribution in [2.24, 2.45) is 5.84 Å². The molecule has 0 atom stereocenters.